The third kappa shape index (κ3) is 3.53. The molecular weight excluding hydrogens is 300 g/mol. The Morgan fingerprint density at radius 2 is 2.24 bits per heavy atom. The molecule has 0 radical (unpaired) electrons. The number of amides is 1. The summed E-state index contributed by atoms with van der Waals surface area (Å²) in [5.74, 6) is 0.258. The van der Waals surface area contributed by atoms with Crippen LogP contribution < -0.4 is 5.32 Å². The normalized spacial score (nSPS) is 17.4. The van der Waals surface area contributed by atoms with Gasteiger partial charge in [0.2, 0.25) is 5.91 Å². The zero-order chi connectivity index (χ0) is 12.3. The molecular formula is C12H17BrN2OS. The van der Waals surface area contributed by atoms with E-state index in [4.69, 9.17) is 0 Å². The molecule has 2 rings (SSSR count). The molecule has 0 atom stereocenters. The van der Waals surface area contributed by atoms with Crippen molar-refractivity contribution in [2.75, 3.05) is 20.1 Å². The molecule has 5 heteroatoms. The van der Waals surface area contributed by atoms with Crippen LogP contribution in [0.2, 0.25) is 0 Å². The van der Waals surface area contributed by atoms with Crippen molar-refractivity contribution in [2.45, 2.75) is 25.3 Å². The van der Waals surface area contributed by atoms with E-state index >= 15 is 0 Å². The minimum atomic E-state index is 0.258. The highest BCUT2D eigenvalue weighted by Crippen LogP contribution is 2.23. The zero-order valence-electron chi connectivity index (χ0n) is 9.91. The quantitative estimate of drug-likeness (QED) is 0.927. The van der Waals surface area contributed by atoms with Crippen molar-refractivity contribution in [1.29, 1.82) is 0 Å². The highest BCUT2D eigenvalue weighted by Gasteiger charge is 2.21. The van der Waals surface area contributed by atoms with E-state index in [2.05, 4.69) is 21.2 Å². The van der Waals surface area contributed by atoms with Gasteiger partial charge < -0.3 is 10.2 Å². The molecule has 1 N–H and O–H groups in total. The maximum atomic E-state index is 12.1. The van der Waals surface area contributed by atoms with E-state index in [0.29, 0.717) is 12.5 Å². The monoisotopic (exact) mass is 316 g/mol. The predicted octanol–water partition coefficient (Wildman–Crippen LogP) is 2.26. The smallest absolute Gasteiger partial charge is 0.227 e. The van der Waals surface area contributed by atoms with E-state index < -0.39 is 0 Å². The Bertz CT molecular complexity index is 386. The van der Waals surface area contributed by atoms with Crippen LogP contribution in [0.1, 0.15) is 17.7 Å². The molecule has 2 heterocycles. The first-order valence-electron chi connectivity index (χ1n) is 5.88. The van der Waals surface area contributed by atoms with E-state index in [0.717, 1.165) is 34.6 Å². The fourth-order valence-electron chi connectivity index (χ4n) is 2.13. The molecule has 1 aliphatic heterocycles. The van der Waals surface area contributed by atoms with E-state index in [1.54, 1.807) is 11.3 Å². The Labute approximate surface area is 114 Å². The summed E-state index contributed by atoms with van der Waals surface area (Å²) in [5.41, 5.74) is 0. The van der Waals surface area contributed by atoms with Gasteiger partial charge in [0, 0.05) is 24.0 Å². The molecule has 1 aromatic rings. The largest absolute Gasteiger partial charge is 0.342 e. The fourth-order valence-corrected chi connectivity index (χ4v) is 3.60. The highest BCUT2D eigenvalue weighted by molar-refractivity contribution is 9.11. The van der Waals surface area contributed by atoms with Crippen LogP contribution in [-0.2, 0) is 11.2 Å². The molecule has 94 valence electrons. The van der Waals surface area contributed by atoms with Crippen molar-refractivity contribution >= 4 is 33.2 Å². The Balaban J connectivity index is 1.85. The van der Waals surface area contributed by atoms with Crippen molar-refractivity contribution < 1.29 is 4.79 Å². The zero-order valence-corrected chi connectivity index (χ0v) is 12.3. The Kier molecular flexibility index (Phi) is 4.59. The highest BCUT2D eigenvalue weighted by atomic mass is 79.9. The average molecular weight is 317 g/mol. The summed E-state index contributed by atoms with van der Waals surface area (Å²) in [6, 6.07) is 4.60. The third-order valence-corrected chi connectivity index (χ3v) is 4.83. The lowest BCUT2D eigenvalue weighted by Gasteiger charge is -2.31. The van der Waals surface area contributed by atoms with Crippen LogP contribution in [0.15, 0.2) is 15.9 Å². The van der Waals surface area contributed by atoms with Crippen molar-refractivity contribution in [2.24, 2.45) is 0 Å². The van der Waals surface area contributed by atoms with Gasteiger partial charge in [-0.3, -0.25) is 4.79 Å². The van der Waals surface area contributed by atoms with Gasteiger partial charge in [-0.05, 0) is 48.0 Å². The summed E-state index contributed by atoms with van der Waals surface area (Å²) < 4.78 is 1.09. The summed E-state index contributed by atoms with van der Waals surface area (Å²) in [5, 5.41) is 3.27. The topological polar surface area (TPSA) is 32.3 Å². The SMILES string of the molecule is CNC1CCN(C(=O)Cc2ccc(Br)s2)CC1. The van der Waals surface area contributed by atoms with Crippen LogP contribution in [0.5, 0.6) is 0 Å². The van der Waals surface area contributed by atoms with E-state index in [-0.39, 0.29) is 5.91 Å². The lowest BCUT2D eigenvalue weighted by Crippen LogP contribution is -2.44. The number of nitrogens with zero attached hydrogens (tertiary/aromatic N) is 1. The molecule has 1 aliphatic rings. The predicted molar refractivity (Wildman–Crippen MR) is 74.4 cm³/mol. The molecule has 0 aromatic carbocycles. The van der Waals surface area contributed by atoms with Crippen molar-refractivity contribution in [3.63, 3.8) is 0 Å². The number of rotatable bonds is 3. The number of carbonyl (C=O) groups excluding carboxylic acids is 1. The number of likely N-dealkylation sites (tertiary alicyclic amines) is 1. The standard InChI is InChI=1S/C12H17BrN2OS/c1-14-9-4-6-15(7-5-9)12(16)8-10-2-3-11(13)17-10/h2-3,9,14H,4-8H2,1H3. The average Bonchev–Trinajstić information content (AvgIpc) is 2.75. The molecule has 1 saturated heterocycles. The van der Waals surface area contributed by atoms with Gasteiger partial charge in [0.25, 0.3) is 0 Å². The summed E-state index contributed by atoms with van der Waals surface area (Å²) in [6.07, 6.45) is 2.67. The van der Waals surface area contributed by atoms with Crippen LogP contribution in [0, 0.1) is 0 Å². The minimum absolute atomic E-state index is 0.258. The van der Waals surface area contributed by atoms with Crippen molar-refractivity contribution in [3.05, 3.63) is 20.8 Å². The van der Waals surface area contributed by atoms with Gasteiger partial charge in [-0.15, -0.1) is 11.3 Å². The Hall–Kier alpha value is -0.390. The fraction of sp³-hybridized carbons (Fsp3) is 0.583. The summed E-state index contributed by atoms with van der Waals surface area (Å²) >= 11 is 5.06. The molecule has 1 aromatic heterocycles. The third-order valence-electron chi connectivity index (χ3n) is 3.21. The second-order valence-electron chi connectivity index (χ2n) is 4.33. The Morgan fingerprint density at radius 1 is 1.53 bits per heavy atom. The first-order valence-corrected chi connectivity index (χ1v) is 7.49. The maximum absolute atomic E-state index is 12.1. The second kappa shape index (κ2) is 5.98. The molecule has 0 unspecified atom stereocenters. The van der Waals surface area contributed by atoms with Gasteiger partial charge in [-0.1, -0.05) is 0 Å². The van der Waals surface area contributed by atoms with Crippen LogP contribution in [0.25, 0.3) is 0 Å². The molecule has 3 nitrogen and oxygen atoms in total. The van der Waals surface area contributed by atoms with Crippen molar-refractivity contribution in [1.82, 2.24) is 10.2 Å². The minimum Gasteiger partial charge on any atom is -0.342 e. The van der Waals surface area contributed by atoms with Gasteiger partial charge in [0.05, 0.1) is 10.2 Å². The number of thiophene rings is 1. The molecule has 0 saturated carbocycles. The number of nitrogens with one attached hydrogen (secondary N) is 1. The number of carbonyl (C=O) groups is 1. The van der Waals surface area contributed by atoms with E-state index in [1.165, 1.54) is 0 Å². The van der Waals surface area contributed by atoms with Crippen LogP contribution in [0.3, 0.4) is 0 Å². The number of piperidine rings is 1. The van der Waals surface area contributed by atoms with Gasteiger partial charge in [-0.2, -0.15) is 0 Å². The first-order chi connectivity index (χ1) is 8.19. The molecule has 1 fully saturated rings. The van der Waals surface area contributed by atoms with Gasteiger partial charge in [-0.25, -0.2) is 0 Å². The van der Waals surface area contributed by atoms with Gasteiger partial charge >= 0.3 is 0 Å². The molecule has 0 bridgehead atoms. The van der Waals surface area contributed by atoms with Crippen LogP contribution in [-0.4, -0.2) is 37.0 Å². The van der Waals surface area contributed by atoms with Gasteiger partial charge in [0.1, 0.15) is 0 Å². The first kappa shape index (κ1) is 13.1. The Morgan fingerprint density at radius 3 is 2.76 bits per heavy atom. The summed E-state index contributed by atoms with van der Waals surface area (Å²) in [4.78, 5) is 15.2. The summed E-state index contributed by atoms with van der Waals surface area (Å²) in [7, 11) is 1.99. The molecule has 1 amide bonds. The lowest BCUT2D eigenvalue weighted by atomic mass is 10.1. The molecule has 17 heavy (non-hydrogen) atoms. The van der Waals surface area contributed by atoms with Crippen LogP contribution in [0.4, 0.5) is 0 Å². The van der Waals surface area contributed by atoms with Gasteiger partial charge in [0.15, 0.2) is 0 Å². The van der Waals surface area contributed by atoms with E-state index in [1.807, 2.05) is 24.1 Å². The number of halogens is 1. The second-order valence-corrected chi connectivity index (χ2v) is 6.87. The summed E-state index contributed by atoms with van der Waals surface area (Å²) in [6.45, 7) is 1.77. The number of hydrogen-bond acceptors (Lipinski definition) is 3. The molecule has 0 spiro atoms. The van der Waals surface area contributed by atoms with Crippen molar-refractivity contribution in [3.8, 4) is 0 Å². The van der Waals surface area contributed by atoms with Crippen LogP contribution >= 0.6 is 27.3 Å². The molecule has 0 aliphatic carbocycles. The van der Waals surface area contributed by atoms with E-state index in [9.17, 15) is 4.79 Å². The lowest BCUT2D eigenvalue weighted by molar-refractivity contribution is -0.131. The maximum Gasteiger partial charge on any atom is 0.227 e. The number of hydrogen-bond donors (Lipinski definition) is 1.